The summed E-state index contributed by atoms with van der Waals surface area (Å²) in [5, 5.41) is 9.03. The normalized spacial score (nSPS) is 17.6. The summed E-state index contributed by atoms with van der Waals surface area (Å²) in [5.74, 6) is -0.680. The SMILES string of the molecule is CC(C)CN(CC(=O)N1CCCCC1)CC(C)C(=O)O. The van der Waals surface area contributed by atoms with Crippen LogP contribution in [-0.4, -0.2) is 59.5 Å². The second kappa shape index (κ2) is 8.25. The first kappa shape index (κ1) is 17.0. The van der Waals surface area contributed by atoms with Crippen molar-refractivity contribution in [3.8, 4) is 0 Å². The standard InChI is InChI=1S/C15H28N2O3/c1-12(2)9-16(10-13(3)15(19)20)11-14(18)17-7-5-4-6-8-17/h12-13H,4-11H2,1-3H3,(H,19,20). The molecule has 1 heterocycles. The highest BCUT2D eigenvalue weighted by Crippen LogP contribution is 2.11. The Morgan fingerprint density at radius 1 is 1.10 bits per heavy atom. The van der Waals surface area contributed by atoms with E-state index < -0.39 is 11.9 Å². The predicted octanol–water partition coefficient (Wildman–Crippen LogP) is 1.68. The van der Waals surface area contributed by atoms with E-state index in [1.54, 1.807) is 6.92 Å². The lowest BCUT2D eigenvalue weighted by atomic mass is 10.1. The number of piperidine rings is 1. The highest BCUT2D eigenvalue weighted by molar-refractivity contribution is 5.78. The van der Waals surface area contributed by atoms with Crippen molar-refractivity contribution >= 4 is 11.9 Å². The maximum Gasteiger partial charge on any atom is 0.307 e. The van der Waals surface area contributed by atoms with E-state index >= 15 is 0 Å². The summed E-state index contributed by atoms with van der Waals surface area (Å²) >= 11 is 0. The summed E-state index contributed by atoms with van der Waals surface area (Å²) in [6.07, 6.45) is 3.37. The molecule has 1 aliphatic rings. The molecule has 0 aromatic carbocycles. The number of hydrogen-bond donors (Lipinski definition) is 1. The monoisotopic (exact) mass is 284 g/mol. The maximum absolute atomic E-state index is 12.3. The van der Waals surface area contributed by atoms with Gasteiger partial charge in [0.2, 0.25) is 5.91 Å². The van der Waals surface area contributed by atoms with Crippen LogP contribution in [0.2, 0.25) is 0 Å². The first-order valence-electron chi connectivity index (χ1n) is 7.63. The van der Waals surface area contributed by atoms with Gasteiger partial charge in [0.15, 0.2) is 0 Å². The van der Waals surface area contributed by atoms with Gasteiger partial charge in [-0.3, -0.25) is 14.5 Å². The van der Waals surface area contributed by atoms with E-state index in [0.717, 1.165) is 32.5 Å². The van der Waals surface area contributed by atoms with Gasteiger partial charge in [0.1, 0.15) is 0 Å². The van der Waals surface area contributed by atoms with Gasteiger partial charge >= 0.3 is 5.97 Å². The molecular weight excluding hydrogens is 256 g/mol. The number of likely N-dealkylation sites (tertiary alicyclic amines) is 1. The van der Waals surface area contributed by atoms with Crippen LogP contribution in [0.1, 0.15) is 40.0 Å². The number of carboxylic acid groups (broad SMARTS) is 1. The molecule has 20 heavy (non-hydrogen) atoms. The Bertz CT molecular complexity index is 325. The zero-order valence-electron chi connectivity index (χ0n) is 13.0. The highest BCUT2D eigenvalue weighted by Gasteiger charge is 2.22. The van der Waals surface area contributed by atoms with Crippen molar-refractivity contribution in [2.45, 2.75) is 40.0 Å². The van der Waals surface area contributed by atoms with Gasteiger partial charge in [-0.05, 0) is 25.2 Å². The van der Waals surface area contributed by atoms with Crippen LogP contribution in [0.25, 0.3) is 0 Å². The number of carboxylic acids is 1. The van der Waals surface area contributed by atoms with Crippen molar-refractivity contribution < 1.29 is 14.7 Å². The van der Waals surface area contributed by atoms with Crippen molar-refractivity contribution in [3.63, 3.8) is 0 Å². The molecule has 1 aliphatic heterocycles. The van der Waals surface area contributed by atoms with E-state index in [2.05, 4.69) is 13.8 Å². The van der Waals surface area contributed by atoms with E-state index in [1.807, 2.05) is 9.80 Å². The van der Waals surface area contributed by atoms with Gasteiger partial charge in [0.25, 0.3) is 0 Å². The van der Waals surface area contributed by atoms with E-state index in [0.29, 0.717) is 19.0 Å². The van der Waals surface area contributed by atoms with Crippen molar-refractivity contribution in [1.82, 2.24) is 9.80 Å². The smallest absolute Gasteiger partial charge is 0.307 e. The van der Waals surface area contributed by atoms with Crippen LogP contribution in [0, 0.1) is 11.8 Å². The zero-order valence-corrected chi connectivity index (χ0v) is 13.0. The maximum atomic E-state index is 12.3. The van der Waals surface area contributed by atoms with Gasteiger partial charge in [-0.25, -0.2) is 0 Å². The van der Waals surface area contributed by atoms with E-state index in [1.165, 1.54) is 6.42 Å². The van der Waals surface area contributed by atoms with Gasteiger partial charge in [-0.2, -0.15) is 0 Å². The Kier molecular flexibility index (Phi) is 6.99. The third-order valence-electron chi connectivity index (χ3n) is 3.64. The molecule has 1 unspecified atom stereocenters. The molecule has 0 saturated carbocycles. The first-order valence-corrected chi connectivity index (χ1v) is 7.63. The predicted molar refractivity (Wildman–Crippen MR) is 78.5 cm³/mol. The highest BCUT2D eigenvalue weighted by atomic mass is 16.4. The summed E-state index contributed by atoms with van der Waals surface area (Å²) in [4.78, 5) is 27.2. The minimum absolute atomic E-state index is 0.142. The van der Waals surface area contributed by atoms with E-state index in [-0.39, 0.29) is 5.91 Å². The number of rotatable bonds is 7. The summed E-state index contributed by atoms with van der Waals surface area (Å²) in [6.45, 7) is 9.11. The van der Waals surface area contributed by atoms with Crippen molar-refractivity contribution in [1.29, 1.82) is 0 Å². The third kappa shape index (κ3) is 5.90. The molecule has 1 fully saturated rings. The van der Waals surface area contributed by atoms with Gasteiger partial charge in [0, 0.05) is 26.2 Å². The Morgan fingerprint density at radius 3 is 2.20 bits per heavy atom. The molecule has 1 atom stereocenters. The topological polar surface area (TPSA) is 60.9 Å². The molecule has 5 heteroatoms. The number of nitrogens with zero attached hydrogens (tertiary/aromatic N) is 2. The van der Waals surface area contributed by atoms with Gasteiger partial charge in [-0.15, -0.1) is 0 Å². The molecule has 0 radical (unpaired) electrons. The van der Waals surface area contributed by atoms with Gasteiger partial charge < -0.3 is 10.0 Å². The Balaban J connectivity index is 2.53. The van der Waals surface area contributed by atoms with Crippen LogP contribution in [0.15, 0.2) is 0 Å². The zero-order chi connectivity index (χ0) is 15.1. The molecule has 0 aliphatic carbocycles. The van der Waals surface area contributed by atoms with Crippen molar-refractivity contribution in [2.75, 3.05) is 32.7 Å². The molecule has 116 valence electrons. The summed E-state index contributed by atoms with van der Waals surface area (Å²) in [7, 11) is 0. The van der Waals surface area contributed by atoms with Crippen molar-refractivity contribution in [3.05, 3.63) is 0 Å². The lowest BCUT2D eigenvalue weighted by molar-refractivity contribution is -0.143. The largest absolute Gasteiger partial charge is 0.481 e. The molecule has 1 N–H and O–H groups in total. The van der Waals surface area contributed by atoms with Crippen molar-refractivity contribution in [2.24, 2.45) is 11.8 Å². The molecule has 0 spiro atoms. The van der Waals surface area contributed by atoms with Crippen LogP contribution < -0.4 is 0 Å². The van der Waals surface area contributed by atoms with Crippen LogP contribution >= 0.6 is 0 Å². The fourth-order valence-electron chi connectivity index (χ4n) is 2.62. The fraction of sp³-hybridized carbons (Fsp3) is 0.867. The van der Waals surface area contributed by atoms with Crippen LogP contribution in [0.4, 0.5) is 0 Å². The second-order valence-electron chi connectivity index (χ2n) is 6.27. The van der Waals surface area contributed by atoms with Gasteiger partial charge in [0.05, 0.1) is 12.5 Å². The lowest BCUT2D eigenvalue weighted by Crippen LogP contribution is -2.45. The average molecular weight is 284 g/mol. The van der Waals surface area contributed by atoms with Crippen LogP contribution in [0.5, 0.6) is 0 Å². The molecule has 1 saturated heterocycles. The van der Waals surface area contributed by atoms with Crippen LogP contribution in [0.3, 0.4) is 0 Å². The average Bonchev–Trinajstić information content (AvgIpc) is 2.38. The summed E-state index contributed by atoms with van der Waals surface area (Å²) in [5.41, 5.74) is 0. The number of carbonyl (C=O) groups excluding carboxylic acids is 1. The first-order chi connectivity index (χ1) is 9.40. The second-order valence-corrected chi connectivity index (χ2v) is 6.27. The molecule has 0 bridgehead atoms. The van der Waals surface area contributed by atoms with E-state index in [9.17, 15) is 9.59 Å². The minimum atomic E-state index is -0.802. The molecular formula is C15H28N2O3. The fourth-order valence-corrected chi connectivity index (χ4v) is 2.62. The lowest BCUT2D eigenvalue weighted by Gasteiger charge is -2.31. The molecule has 0 aromatic heterocycles. The Labute approximate surface area is 121 Å². The number of aliphatic carboxylic acids is 1. The third-order valence-corrected chi connectivity index (χ3v) is 3.64. The van der Waals surface area contributed by atoms with E-state index in [4.69, 9.17) is 5.11 Å². The quantitative estimate of drug-likeness (QED) is 0.772. The number of carbonyl (C=O) groups is 2. The molecule has 1 rings (SSSR count). The molecule has 1 amide bonds. The summed E-state index contributed by atoms with van der Waals surface area (Å²) < 4.78 is 0. The summed E-state index contributed by atoms with van der Waals surface area (Å²) in [6, 6.07) is 0. The Hall–Kier alpha value is -1.10. The Morgan fingerprint density at radius 2 is 1.70 bits per heavy atom. The van der Waals surface area contributed by atoms with Gasteiger partial charge in [-0.1, -0.05) is 20.8 Å². The number of amides is 1. The molecule has 0 aromatic rings. The minimum Gasteiger partial charge on any atom is -0.481 e. The van der Waals surface area contributed by atoms with Crippen LogP contribution in [-0.2, 0) is 9.59 Å². The number of hydrogen-bond acceptors (Lipinski definition) is 3. The molecule has 5 nitrogen and oxygen atoms in total.